The molecule has 1 aromatic carbocycles. The molecule has 0 saturated heterocycles. The Kier molecular flexibility index (Phi) is 3.37. The van der Waals surface area contributed by atoms with Crippen molar-refractivity contribution in [3.63, 3.8) is 0 Å². The van der Waals surface area contributed by atoms with E-state index in [1.807, 2.05) is 0 Å². The fourth-order valence-corrected chi connectivity index (χ4v) is 2.06. The highest BCUT2D eigenvalue weighted by Gasteiger charge is 2.14. The van der Waals surface area contributed by atoms with Crippen LogP contribution in [0.15, 0.2) is 35.4 Å². The van der Waals surface area contributed by atoms with E-state index in [0.717, 1.165) is 4.57 Å². The van der Waals surface area contributed by atoms with Crippen LogP contribution in [0.1, 0.15) is 5.56 Å². The lowest BCUT2D eigenvalue weighted by atomic mass is 10.2. The third-order valence-corrected chi connectivity index (χ3v) is 3.10. The Hall–Kier alpha value is -3.10. The summed E-state index contributed by atoms with van der Waals surface area (Å²) in [4.78, 5) is 27.1. The molecule has 0 saturated carbocycles. The zero-order chi connectivity index (χ0) is 15.7. The number of halogens is 1. The first kappa shape index (κ1) is 13.9. The first-order valence-corrected chi connectivity index (χ1v) is 6.36. The third kappa shape index (κ3) is 2.43. The average molecular weight is 302 g/mol. The van der Waals surface area contributed by atoms with Crippen molar-refractivity contribution in [2.24, 2.45) is 5.73 Å². The van der Waals surface area contributed by atoms with Crippen molar-refractivity contribution in [1.82, 2.24) is 24.5 Å². The van der Waals surface area contributed by atoms with Crippen LogP contribution in [-0.2, 0) is 17.9 Å². The average Bonchev–Trinajstić information content (AvgIpc) is 2.88. The molecule has 22 heavy (non-hydrogen) atoms. The van der Waals surface area contributed by atoms with E-state index in [0.29, 0.717) is 5.56 Å². The van der Waals surface area contributed by atoms with Crippen molar-refractivity contribution in [2.45, 2.75) is 13.1 Å². The van der Waals surface area contributed by atoms with Crippen molar-refractivity contribution in [3.05, 3.63) is 52.3 Å². The zero-order valence-electron chi connectivity index (χ0n) is 11.3. The van der Waals surface area contributed by atoms with Crippen LogP contribution < -0.4 is 11.3 Å². The SMILES string of the molecule is NC(=O)Cn1cnc2c(nnn2Cc2ccccc2F)c1=O. The van der Waals surface area contributed by atoms with Crippen LogP contribution in [0, 0.1) is 5.82 Å². The number of rotatable bonds is 4. The molecule has 2 heterocycles. The summed E-state index contributed by atoms with van der Waals surface area (Å²) >= 11 is 0. The maximum atomic E-state index is 13.7. The molecule has 2 aromatic heterocycles. The number of hydrogen-bond acceptors (Lipinski definition) is 5. The van der Waals surface area contributed by atoms with Gasteiger partial charge in [-0.25, -0.2) is 14.1 Å². The maximum Gasteiger partial charge on any atom is 0.283 e. The van der Waals surface area contributed by atoms with Gasteiger partial charge in [-0.3, -0.25) is 14.2 Å². The number of amides is 1. The van der Waals surface area contributed by atoms with Gasteiger partial charge in [-0.2, -0.15) is 0 Å². The molecule has 8 nitrogen and oxygen atoms in total. The Labute approximate surface area is 123 Å². The maximum absolute atomic E-state index is 13.7. The van der Waals surface area contributed by atoms with Crippen molar-refractivity contribution in [2.75, 3.05) is 0 Å². The van der Waals surface area contributed by atoms with E-state index in [2.05, 4.69) is 15.3 Å². The molecular weight excluding hydrogens is 291 g/mol. The standard InChI is InChI=1S/C13H11FN6O2/c14-9-4-2-1-3-8(9)5-20-12-11(17-18-20)13(22)19(7-16-12)6-10(15)21/h1-4,7H,5-6H2,(H2,15,21). The number of nitrogens with zero attached hydrogens (tertiary/aromatic N) is 5. The van der Waals surface area contributed by atoms with E-state index in [-0.39, 0.29) is 30.1 Å². The molecule has 0 aliphatic carbocycles. The topological polar surface area (TPSA) is 109 Å². The first-order valence-electron chi connectivity index (χ1n) is 6.36. The van der Waals surface area contributed by atoms with E-state index >= 15 is 0 Å². The molecule has 0 aliphatic rings. The van der Waals surface area contributed by atoms with Crippen LogP contribution in [0.5, 0.6) is 0 Å². The Morgan fingerprint density at radius 1 is 1.32 bits per heavy atom. The zero-order valence-corrected chi connectivity index (χ0v) is 11.3. The molecule has 1 amide bonds. The van der Waals surface area contributed by atoms with Gasteiger partial charge < -0.3 is 5.73 Å². The Bertz CT molecular complexity index is 916. The molecule has 0 aliphatic heterocycles. The van der Waals surface area contributed by atoms with Crippen molar-refractivity contribution < 1.29 is 9.18 Å². The number of fused-ring (bicyclic) bond motifs is 1. The van der Waals surface area contributed by atoms with Crippen molar-refractivity contribution in [3.8, 4) is 0 Å². The molecule has 3 aromatic rings. The van der Waals surface area contributed by atoms with Gasteiger partial charge in [0.25, 0.3) is 5.56 Å². The molecule has 0 unspecified atom stereocenters. The second-order valence-corrected chi connectivity index (χ2v) is 4.65. The smallest absolute Gasteiger partial charge is 0.283 e. The number of nitrogens with two attached hydrogens (primary N) is 1. The normalized spacial score (nSPS) is 11.0. The molecule has 9 heteroatoms. The quantitative estimate of drug-likeness (QED) is 0.709. The highest BCUT2D eigenvalue weighted by Crippen LogP contribution is 2.10. The molecule has 112 valence electrons. The summed E-state index contributed by atoms with van der Waals surface area (Å²) in [5, 5.41) is 7.58. The molecule has 0 bridgehead atoms. The van der Waals surface area contributed by atoms with Crippen molar-refractivity contribution in [1.29, 1.82) is 0 Å². The number of hydrogen-bond donors (Lipinski definition) is 1. The summed E-state index contributed by atoms with van der Waals surface area (Å²) in [6, 6.07) is 6.22. The van der Waals surface area contributed by atoms with E-state index in [1.165, 1.54) is 17.1 Å². The van der Waals surface area contributed by atoms with Crippen molar-refractivity contribution >= 4 is 17.1 Å². The molecule has 0 atom stereocenters. The number of benzene rings is 1. The fraction of sp³-hybridized carbons (Fsp3) is 0.154. The summed E-state index contributed by atoms with van der Waals surface area (Å²) in [6.07, 6.45) is 1.19. The Balaban J connectivity index is 2.03. The van der Waals surface area contributed by atoms with Crippen LogP contribution in [0.3, 0.4) is 0 Å². The van der Waals surface area contributed by atoms with Crippen LogP contribution >= 0.6 is 0 Å². The van der Waals surface area contributed by atoms with Gasteiger partial charge in [-0.05, 0) is 6.07 Å². The highest BCUT2D eigenvalue weighted by atomic mass is 19.1. The van der Waals surface area contributed by atoms with E-state index in [1.54, 1.807) is 18.2 Å². The van der Waals surface area contributed by atoms with Crippen LogP contribution in [-0.4, -0.2) is 30.5 Å². The minimum Gasteiger partial charge on any atom is -0.368 e. The lowest BCUT2D eigenvalue weighted by molar-refractivity contribution is -0.118. The summed E-state index contributed by atoms with van der Waals surface area (Å²) in [5.74, 6) is -1.05. The van der Waals surface area contributed by atoms with E-state index in [4.69, 9.17) is 5.73 Å². The largest absolute Gasteiger partial charge is 0.368 e. The molecule has 0 spiro atoms. The summed E-state index contributed by atoms with van der Waals surface area (Å²) in [6.45, 7) is -0.197. The Morgan fingerprint density at radius 2 is 2.09 bits per heavy atom. The van der Waals surface area contributed by atoms with Gasteiger partial charge in [-0.15, -0.1) is 5.10 Å². The van der Waals surface area contributed by atoms with Gasteiger partial charge >= 0.3 is 0 Å². The molecule has 3 rings (SSSR count). The molecule has 0 fully saturated rings. The van der Waals surface area contributed by atoms with Gasteiger partial charge in [0, 0.05) is 5.56 Å². The second kappa shape index (κ2) is 5.35. The minimum absolute atomic E-state index is 0.0000827. The fourth-order valence-electron chi connectivity index (χ4n) is 2.06. The highest BCUT2D eigenvalue weighted by molar-refractivity contribution is 5.74. The Morgan fingerprint density at radius 3 is 2.82 bits per heavy atom. The summed E-state index contributed by atoms with van der Waals surface area (Å²) in [7, 11) is 0. The first-order chi connectivity index (χ1) is 10.6. The number of aromatic nitrogens is 5. The van der Waals surface area contributed by atoms with Crippen LogP contribution in [0.4, 0.5) is 4.39 Å². The second-order valence-electron chi connectivity index (χ2n) is 4.65. The van der Waals surface area contributed by atoms with Gasteiger partial charge in [0.15, 0.2) is 11.2 Å². The summed E-state index contributed by atoms with van der Waals surface area (Å²) in [5.41, 5.74) is 5.14. The van der Waals surface area contributed by atoms with Gasteiger partial charge in [0.2, 0.25) is 5.91 Å². The monoisotopic (exact) mass is 302 g/mol. The predicted octanol–water partition coefficient (Wildman–Crippen LogP) is -0.339. The summed E-state index contributed by atoms with van der Waals surface area (Å²) < 4.78 is 16.0. The van der Waals surface area contributed by atoms with E-state index in [9.17, 15) is 14.0 Å². The number of primary amides is 1. The minimum atomic E-state index is -0.665. The number of carbonyl (C=O) groups is 1. The van der Waals surface area contributed by atoms with Crippen LogP contribution in [0.2, 0.25) is 0 Å². The molecular formula is C13H11FN6O2. The van der Waals surface area contributed by atoms with Gasteiger partial charge in [-0.1, -0.05) is 23.4 Å². The van der Waals surface area contributed by atoms with Gasteiger partial charge in [0.1, 0.15) is 18.7 Å². The third-order valence-electron chi connectivity index (χ3n) is 3.10. The lowest BCUT2D eigenvalue weighted by Gasteiger charge is -2.04. The van der Waals surface area contributed by atoms with Gasteiger partial charge in [0.05, 0.1) is 6.54 Å². The predicted molar refractivity (Wildman–Crippen MR) is 74.3 cm³/mol. The number of carbonyl (C=O) groups excluding carboxylic acids is 1. The molecule has 0 radical (unpaired) electrons. The lowest BCUT2D eigenvalue weighted by Crippen LogP contribution is -2.28. The van der Waals surface area contributed by atoms with Crippen LogP contribution in [0.25, 0.3) is 11.2 Å². The van der Waals surface area contributed by atoms with E-state index < -0.39 is 11.5 Å². The molecule has 2 N–H and O–H groups in total.